The van der Waals surface area contributed by atoms with Gasteiger partial charge in [-0.3, -0.25) is 13.9 Å². The number of carbonyl (C=O) groups excluding carboxylic acids is 1. The van der Waals surface area contributed by atoms with Crippen molar-refractivity contribution in [3.8, 4) is 5.69 Å². The molecular formula is C25H27F3N2O4S. The van der Waals surface area contributed by atoms with Crippen molar-refractivity contribution in [1.29, 1.82) is 0 Å². The SMILES string of the molecule is CC(C)n1c(=O)n(-c2cccc(C(F)(F)F)c2)c2ccc(C(=O)CC3(C)CCS(=O)(=O)CC3)cc21. The molecule has 1 aliphatic heterocycles. The molecule has 4 rings (SSSR count). The highest BCUT2D eigenvalue weighted by molar-refractivity contribution is 7.91. The number of ketones is 1. The Balaban J connectivity index is 1.77. The Hall–Kier alpha value is -2.88. The van der Waals surface area contributed by atoms with E-state index >= 15 is 0 Å². The summed E-state index contributed by atoms with van der Waals surface area (Å²) in [6.07, 6.45) is -3.56. The molecule has 1 saturated heterocycles. The minimum atomic E-state index is -4.55. The monoisotopic (exact) mass is 508 g/mol. The van der Waals surface area contributed by atoms with E-state index in [-0.39, 0.29) is 35.4 Å². The predicted molar refractivity (Wildman–Crippen MR) is 128 cm³/mol. The number of hydrogen-bond acceptors (Lipinski definition) is 4. The Morgan fingerprint density at radius 3 is 2.31 bits per heavy atom. The highest BCUT2D eigenvalue weighted by Crippen LogP contribution is 2.37. The summed E-state index contributed by atoms with van der Waals surface area (Å²) in [6, 6.07) is 9.03. The summed E-state index contributed by atoms with van der Waals surface area (Å²) in [5.74, 6) is -0.0475. The molecule has 0 saturated carbocycles. The molecule has 0 unspecified atom stereocenters. The quantitative estimate of drug-likeness (QED) is 0.445. The summed E-state index contributed by atoms with van der Waals surface area (Å²) in [7, 11) is -3.06. The largest absolute Gasteiger partial charge is 0.416 e. The molecule has 0 atom stereocenters. The van der Waals surface area contributed by atoms with Crippen LogP contribution in [0.25, 0.3) is 16.7 Å². The van der Waals surface area contributed by atoms with Crippen molar-refractivity contribution in [3.63, 3.8) is 0 Å². The Bertz CT molecular complexity index is 1450. The van der Waals surface area contributed by atoms with Gasteiger partial charge in [0.25, 0.3) is 0 Å². The number of hydrogen-bond donors (Lipinski definition) is 0. The number of fused-ring (bicyclic) bond motifs is 1. The number of Topliss-reactive ketones (excluding diaryl/α,β-unsaturated/α-hetero) is 1. The van der Waals surface area contributed by atoms with Crippen molar-refractivity contribution < 1.29 is 26.4 Å². The zero-order chi connectivity index (χ0) is 25.8. The molecule has 0 spiro atoms. The average Bonchev–Trinajstić information content (AvgIpc) is 3.06. The van der Waals surface area contributed by atoms with E-state index in [0.717, 1.165) is 12.1 Å². The summed E-state index contributed by atoms with van der Waals surface area (Å²) in [5, 5.41) is 0. The second-order valence-electron chi connectivity index (χ2n) is 9.90. The van der Waals surface area contributed by atoms with Crippen molar-refractivity contribution in [3.05, 3.63) is 64.1 Å². The second kappa shape index (κ2) is 8.65. The average molecular weight is 509 g/mol. The summed E-state index contributed by atoms with van der Waals surface area (Å²) >= 11 is 0. The third-order valence-electron chi connectivity index (χ3n) is 6.76. The lowest BCUT2D eigenvalue weighted by Crippen LogP contribution is -2.33. The van der Waals surface area contributed by atoms with Gasteiger partial charge in [0, 0.05) is 18.0 Å². The van der Waals surface area contributed by atoms with Crippen LogP contribution >= 0.6 is 0 Å². The fourth-order valence-electron chi connectivity index (χ4n) is 4.66. The fraction of sp³-hybridized carbons (Fsp3) is 0.440. The minimum absolute atomic E-state index is 0.0581. The van der Waals surface area contributed by atoms with Crippen LogP contribution in [0.4, 0.5) is 13.2 Å². The van der Waals surface area contributed by atoms with Crippen LogP contribution in [0, 0.1) is 5.41 Å². The number of imidazole rings is 1. The van der Waals surface area contributed by atoms with Crippen molar-refractivity contribution in [2.75, 3.05) is 11.5 Å². The van der Waals surface area contributed by atoms with Gasteiger partial charge in [0.05, 0.1) is 33.8 Å². The van der Waals surface area contributed by atoms with Gasteiger partial charge < -0.3 is 0 Å². The number of nitrogens with zero attached hydrogens (tertiary/aromatic N) is 2. The molecule has 2 heterocycles. The smallest absolute Gasteiger partial charge is 0.294 e. The Morgan fingerprint density at radius 1 is 1.06 bits per heavy atom. The van der Waals surface area contributed by atoms with Crippen LogP contribution in [0.3, 0.4) is 0 Å². The van der Waals surface area contributed by atoms with E-state index in [1.54, 1.807) is 32.0 Å². The van der Waals surface area contributed by atoms with Crippen molar-refractivity contribution in [2.24, 2.45) is 5.41 Å². The summed E-state index contributed by atoms with van der Waals surface area (Å²) < 4.78 is 66.1. The molecule has 3 aromatic rings. The van der Waals surface area contributed by atoms with E-state index in [1.807, 2.05) is 6.92 Å². The lowest BCUT2D eigenvalue weighted by molar-refractivity contribution is -0.137. The van der Waals surface area contributed by atoms with Crippen molar-refractivity contribution in [2.45, 2.75) is 52.3 Å². The van der Waals surface area contributed by atoms with E-state index < -0.39 is 32.7 Å². The minimum Gasteiger partial charge on any atom is -0.294 e. The van der Waals surface area contributed by atoms with Crippen LogP contribution in [0.1, 0.15) is 62.0 Å². The molecular weight excluding hydrogens is 481 g/mol. The van der Waals surface area contributed by atoms with E-state index in [9.17, 15) is 31.2 Å². The van der Waals surface area contributed by atoms with Gasteiger partial charge in [-0.1, -0.05) is 13.0 Å². The summed E-state index contributed by atoms with van der Waals surface area (Å²) in [6.45, 7) is 5.48. The van der Waals surface area contributed by atoms with Gasteiger partial charge in [0.2, 0.25) is 0 Å². The topological polar surface area (TPSA) is 78.1 Å². The molecule has 6 nitrogen and oxygen atoms in total. The number of carbonyl (C=O) groups is 1. The number of halogens is 3. The first-order chi connectivity index (χ1) is 16.2. The van der Waals surface area contributed by atoms with Crippen LogP contribution in [0.2, 0.25) is 0 Å². The van der Waals surface area contributed by atoms with Gasteiger partial charge in [0.1, 0.15) is 9.84 Å². The Labute approximate surface area is 201 Å². The van der Waals surface area contributed by atoms with E-state index in [0.29, 0.717) is 29.4 Å². The van der Waals surface area contributed by atoms with Crippen LogP contribution < -0.4 is 5.69 Å². The first kappa shape index (κ1) is 25.2. The molecule has 35 heavy (non-hydrogen) atoms. The Morgan fingerprint density at radius 2 is 1.71 bits per heavy atom. The molecule has 1 aromatic heterocycles. The highest BCUT2D eigenvalue weighted by Gasteiger charge is 2.35. The fourth-order valence-corrected chi connectivity index (χ4v) is 6.47. The summed E-state index contributed by atoms with van der Waals surface area (Å²) in [5.41, 5.74) is -0.476. The van der Waals surface area contributed by atoms with Gasteiger partial charge >= 0.3 is 11.9 Å². The third kappa shape index (κ3) is 4.94. The van der Waals surface area contributed by atoms with E-state index in [4.69, 9.17) is 0 Å². The van der Waals surface area contributed by atoms with E-state index in [2.05, 4.69) is 0 Å². The molecule has 10 heteroatoms. The van der Waals surface area contributed by atoms with Gasteiger partial charge in [-0.2, -0.15) is 13.2 Å². The van der Waals surface area contributed by atoms with E-state index in [1.165, 1.54) is 21.3 Å². The van der Waals surface area contributed by atoms with Gasteiger partial charge in [-0.15, -0.1) is 0 Å². The molecule has 188 valence electrons. The van der Waals surface area contributed by atoms with Gasteiger partial charge in [0.15, 0.2) is 5.78 Å². The molecule has 0 N–H and O–H groups in total. The number of alkyl halides is 3. The van der Waals surface area contributed by atoms with Crippen LogP contribution in [0.5, 0.6) is 0 Å². The molecule has 0 aliphatic carbocycles. The first-order valence-electron chi connectivity index (χ1n) is 11.4. The van der Waals surface area contributed by atoms with Gasteiger partial charge in [-0.25, -0.2) is 13.2 Å². The molecule has 1 fully saturated rings. The van der Waals surface area contributed by atoms with Crippen LogP contribution in [-0.2, 0) is 16.0 Å². The van der Waals surface area contributed by atoms with Crippen LogP contribution in [0.15, 0.2) is 47.3 Å². The van der Waals surface area contributed by atoms with Gasteiger partial charge in [-0.05, 0) is 68.5 Å². The molecule has 0 amide bonds. The van der Waals surface area contributed by atoms with Crippen LogP contribution in [-0.4, -0.2) is 34.8 Å². The standard InChI is InChI=1S/C25H27F3N2O4S/c1-16(2)29-21-13-17(22(31)15-24(3)9-11-35(33,34)12-10-24)7-8-20(21)30(23(29)32)19-6-4-5-18(14-19)25(26,27)28/h4-8,13-14,16H,9-12,15H2,1-3H3. The lowest BCUT2D eigenvalue weighted by Gasteiger charge is -2.32. The maximum Gasteiger partial charge on any atom is 0.416 e. The summed E-state index contributed by atoms with van der Waals surface area (Å²) in [4.78, 5) is 26.5. The maximum atomic E-state index is 13.3. The lowest BCUT2D eigenvalue weighted by atomic mass is 9.78. The molecule has 2 aromatic carbocycles. The zero-order valence-corrected chi connectivity index (χ0v) is 20.5. The predicted octanol–water partition coefficient (Wildman–Crippen LogP) is 5.18. The molecule has 0 radical (unpaired) electrons. The first-order valence-corrected chi connectivity index (χ1v) is 13.2. The molecule has 0 bridgehead atoms. The molecule has 1 aliphatic rings. The highest BCUT2D eigenvalue weighted by atomic mass is 32.2. The van der Waals surface area contributed by atoms with Crippen molar-refractivity contribution in [1.82, 2.24) is 9.13 Å². The van der Waals surface area contributed by atoms with Crippen molar-refractivity contribution >= 4 is 26.7 Å². The number of sulfone groups is 1. The number of aromatic nitrogens is 2. The Kier molecular flexibility index (Phi) is 6.24. The number of rotatable bonds is 5. The normalized spacial score (nSPS) is 17.7. The maximum absolute atomic E-state index is 13.3. The second-order valence-corrected chi connectivity index (χ2v) is 12.2. The zero-order valence-electron chi connectivity index (χ0n) is 19.7. The number of benzene rings is 2. The third-order valence-corrected chi connectivity index (χ3v) is 8.42.